The fourth-order valence-corrected chi connectivity index (χ4v) is 4.32. The van der Waals surface area contributed by atoms with Gasteiger partial charge in [-0.25, -0.2) is 9.97 Å². The van der Waals surface area contributed by atoms with Crippen molar-refractivity contribution in [2.24, 2.45) is 0 Å². The molecule has 0 saturated carbocycles. The van der Waals surface area contributed by atoms with Gasteiger partial charge in [0.05, 0.1) is 34.0 Å². The molecule has 31 heavy (non-hydrogen) atoms. The van der Waals surface area contributed by atoms with Gasteiger partial charge in [-0.05, 0) is 30.3 Å². The fraction of sp³-hybridized carbons (Fsp3) is 0.130. The minimum Gasteiger partial charge on any atom is -0.481 e. The number of hydrogen-bond acceptors (Lipinski definition) is 5. The molecule has 4 aromatic rings. The van der Waals surface area contributed by atoms with Gasteiger partial charge in [0.25, 0.3) is 0 Å². The monoisotopic (exact) mass is 433 g/mol. The van der Waals surface area contributed by atoms with E-state index in [1.165, 1.54) is 0 Å². The molecule has 0 amide bonds. The summed E-state index contributed by atoms with van der Waals surface area (Å²) in [6.45, 7) is 0.156. The summed E-state index contributed by atoms with van der Waals surface area (Å²) in [7, 11) is -1.44. The number of pyridine rings is 1. The Morgan fingerprint density at radius 1 is 0.968 bits per heavy atom. The number of rotatable bonds is 8. The molecule has 0 aliphatic carbocycles. The number of carboxylic acid groups (broad SMARTS) is 1. The average molecular weight is 433 g/mol. The molecule has 2 aromatic heterocycles. The predicted octanol–water partition coefficient (Wildman–Crippen LogP) is 3.44. The molecule has 156 valence electrons. The van der Waals surface area contributed by atoms with E-state index in [1.807, 2.05) is 6.07 Å². The molecule has 1 N–H and O–H groups in total. The van der Waals surface area contributed by atoms with E-state index < -0.39 is 16.8 Å². The summed E-state index contributed by atoms with van der Waals surface area (Å²) >= 11 is 0. The van der Waals surface area contributed by atoms with E-state index in [9.17, 15) is 13.8 Å². The summed E-state index contributed by atoms with van der Waals surface area (Å²) in [4.78, 5) is 32.7. The zero-order valence-corrected chi connectivity index (χ0v) is 17.3. The van der Waals surface area contributed by atoms with E-state index in [-0.39, 0.29) is 24.5 Å². The summed E-state index contributed by atoms with van der Waals surface area (Å²) in [6.07, 6.45) is 1.45. The summed E-state index contributed by atoms with van der Waals surface area (Å²) in [6, 6.07) is 19.3. The van der Waals surface area contributed by atoms with Crippen LogP contribution in [0, 0.1) is 0 Å². The van der Waals surface area contributed by atoms with Crippen LogP contribution in [0.3, 0.4) is 0 Å². The molecule has 8 heteroatoms. The van der Waals surface area contributed by atoms with Crippen LogP contribution in [0.5, 0.6) is 0 Å². The Morgan fingerprint density at radius 3 is 2.45 bits per heavy atom. The van der Waals surface area contributed by atoms with Gasteiger partial charge >= 0.3 is 5.97 Å². The molecule has 0 bridgehead atoms. The number of fused-ring (bicyclic) bond motifs is 1. The Hall–Kier alpha value is -3.65. The number of carbonyl (C=O) groups is 2. The molecule has 0 saturated heterocycles. The number of imidazole rings is 1. The predicted molar refractivity (Wildman–Crippen MR) is 116 cm³/mol. The van der Waals surface area contributed by atoms with Crippen molar-refractivity contribution in [3.8, 4) is 0 Å². The summed E-state index contributed by atoms with van der Waals surface area (Å²) in [5, 5.41) is 9.60. The van der Waals surface area contributed by atoms with Crippen LogP contribution < -0.4 is 0 Å². The van der Waals surface area contributed by atoms with Crippen LogP contribution in [0.15, 0.2) is 78.0 Å². The number of ketones is 1. The number of aliphatic carboxylic acids is 1. The average Bonchev–Trinajstić information content (AvgIpc) is 3.14. The van der Waals surface area contributed by atoms with Gasteiger partial charge in [-0.15, -0.1) is 0 Å². The first-order valence-electron chi connectivity index (χ1n) is 9.63. The van der Waals surface area contributed by atoms with Gasteiger partial charge < -0.3 is 9.67 Å². The number of aryl methyl sites for hydroxylation is 1. The van der Waals surface area contributed by atoms with E-state index in [4.69, 9.17) is 5.11 Å². The van der Waals surface area contributed by atoms with Crippen LogP contribution >= 0.6 is 0 Å². The molecular weight excluding hydrogens is 414 g/mol. The van der Waals surface area contributed by atoms with Crippen molar-refractivity contribution in [3.63, 3.8) is 0 Å². The Labute approximate surface area is 180 Å². The minimum absolute atomic E-state index is 0.0906. The molecule has 0 fully saturated rings. The van der Waals surface area contributed by atoms with Gasteiger partial charge in [0.1, 0.15) is 10.9 Å². The van der Waals surface area contributed by atoms with Crippen molar-refractivity contribution >= 4 is 33.6 Å². The number of aromatic nitrogens is 3. The molecule has 7 nitrogen and oxygen atoms in total. The maximum Gasteiger partial charge on any atom is 0.305 e. The summed E-state index contributed by atoms with van der Waals surface area (Å²) < 4.78 is 14.5. The number of carboxylic acids is 1. The standard InChI is InChI=1S/C23H19N3O4S/c27-22(28)11-13-26-19-14-17(23(29)16-6-2-1-3-7-16)9-10-18(19)25-20(26)15-31(30)21-8-4-5-12-24-21/h1-10,12,14H,11,13,15H2,(H,27,28). The molecule has 2 heterocycles. The highest BCUT2D eigenvalue weighted by molar-refractivity contribution is 7.84. The lowest BCUT2D eigenvalue weighted by Crippen LogP contribution is -2.11. The number of benzene rings is 2. The summed E-state index contributed by atoms with van der Waals surface area (Å²) in [5.41, 5.74) is 2.29. The maximum absolute atomic E-state index is 12.9. The third-order valence-electron chi connectivity index (χ3n) is 4.81. The quantitative estimate of drug-likeness (QED) is 0.427. The first-order valence-corrected chi connectivity index (χ1v) is 10.9. The van der Waals surface area contributed by atoms with E-state index >= 15 is 0 Å². The highest BCUT2D eigenvalue weighted by atomic mass is 32.2. The summed E-state index contributed by atoms with van der Waals surface area (Å²) in [5.74, 6) is -0.500. The Balaban J connectivity index is 1.73. The van der Waals surface area contributed by atoms with E-state index in [0.29, 0.717) is 33.0 Å². The van der Waals surface area contributed by atoms with Crippen LogP contribution in [0.2, 0.25) is 0 Å². The normalized spacial score (nSPS) is 12.0. The molecule has 0 aliphatic rings. The van der Waals surface area contributed by atoms with Crippen LogP contribution in [-0.4, -0.2) is 35.6 Å². The fourth-order valence-electron chi connectivity index (χ4n) is 3.31. The van der Waals surface area contributed by atoms with Gasteiger partial charge in [0.2, 0.25) is 0 Å². The van der Waals surface area contributed by atoms with Crippen molar-refractivity contribution in [2.75, 3.05) is 0 Å². The smallest absolute Gasteiger partial charge is 0.305 e. The lowest BCUT2D eigenvalue weighted by Gasteiger charge is -2.08. The topological polar surface area (TPSA) is 102 Å². The van der Waals surface area contributed by atoms with Gasteiger partial charge in [0.15, 0.2) is 5.78 Å². The molecule has 2 aromatic carbocycles. The Bertz CT molecular complexity index is 1270. The van der Waals surface area contributed by atoms with Gasteiger partial charge in [-0.1, -0.05) is 36.4 Å². The van der Waals surface area contributed by atoms with Crippen LogP contribution in [0.25, 0.3) is 11.0 Å². The highest BCUT2D eigenvalue weighted by Gasteiger charge is 2.18. The van der Waals surface area contributed by atoms with E-state index in [1.54, 1.807) is 71.4 Å². The number of nitrogens with zero attached hydrogens (tertiary/aromatic N) is 3. The van der Waals surface area contributed by atoms with Gasteiger partial charge in [-0.2, -0.15) is 0 Å². The molecule has 0 radical (unpaired) electrons. The molecule has 4 rings (SSSR count). The molecule has 1 unspecified atom stereocenters. The second-order valence-corrected chi connectivity index (χ2v) is 8.28. The number of carbonyl (C=O) groups excluding carboxylic acids is 1. The van der Waals surface area contributed by atoms with Crippen molar-refractivity contribution in [1.82, 2.24) is 14.5 Å². The first kappa shape index (κ1) is 20.6. The third kappa shape index (κ3) is 4.59. The van der Waals surface area contributed by atoms with Gasteiger partial charge in [-0.3, -0.25) is 13.8 Å². The Morgan fingerprint density at radius 2 is 1.74 bits per heavy atom. The van der Waals surface area contributed by atoms with Crippen molar-refractivity contribution in [2.45, 2.75) is 23.7 Å². The molecular formula is C23H19N3O4S. The second-order valence-electron chi connectivity index (χ2n) is 6.88. The first-order chi connectivity index (χ1) is 15.0. The van der Waals surface area contributed by atoms with E-state index in [0.717, 1.165) is 0 Å². The molecule has 1 atom stereocenters. The van der Waals surface area contributed by atoms with Crippen molar-refractivity contribution < 1.29 is 18.9 Å². The zero-order valence-electron chi connectivity index (χ0n) is 16.5. The third-order valence-corrected chi connectivity index (χ3v) is 6.03. The lowest BCUT2D eigenvalue weighted by molar-refractivity contribution is -0.137. The van der Waals surface area contributed by atoms with Crippen LogP contribution in [0.1, 0.15) is 28.2 Å². The SMILES string of the molecule is O=C(O)CCn1c(CS(=O)c2ccccn2)nc2ccc(C(=O)c3ccccc3)cc21. The van der Waals surface area contributed by atoms with Crippen LogP contribution in [0.4, 0.5) is 0 Å². The molecule has 0 spiro atoms. The minimum atomic E-state index is -1.44. The van der Waals surface area contributed by atoms with Crippen LogP contribution in [-0.2, 0) is 27.9 Å². The maximum atomic E-state index is 12.9. The van der Waals surface area contributed by atoms with Crippen molar-refractivity contribution in [3.05, 3.63) is 89.9 Å². The van der Waals surface area contributed by atoms with Crippen molar-refractivity contribution in [1.29, 1.82) is 0 Å². The largest absolute Gasteiger partial charge is 0.481 e. The van der Waals surface area contributed by atoms with E-state index in [2.05, 4.69) is 9.97 Å². The molecule has 0 aliphatic heterocycles. The number of hydrogen-bond donors (Lipinski definition) is 1. The van der Waals surface area contributed by atoms with Gasteiger partial charge in [0, 0.05) is 23.9 Å². The lowest BCUT2D eigenvalue weighted by atomic mass is 10.0. The Kier molecular flexibility index (Phi) is 5.99. The highest BCUT2D eigenvalue weighted by Crippen LogP contribution is 2.22. The second kappa shape index (κ2) is 9.01. The zero-order chi connectivity index (χ0) is 21.8.